The van der Waals surface area contributed by atoms with E-state index in [1.165, 1.54) is 9.80 Å². The lowest BCUT2D eigenvalue weighted by Crippen LogP contribution is -2.18. The van der Waals surface area contributed by atoms with Crippen molar-refractivity contribution in [1.82, 2.24) is 19.8 Å². The Hall–Kier alpha value is -10.5. The topological polar surface area (TPSA) is 240 Å². The number of phosphoric acid groups is 2. The first-order valence-electron chi connectivity index (χ1n) is 33.2. The van der Waals surface area contributed by atoms with E-state index in [9.17, 15) is 38.3 Å². The maximum Gasteiger partial charge on any atom is 0.317 e. The smallest absolute Gasteiger partial charge is 0.317 e. The Morgan fingerprint density at radius 1 is 0.373 bits per heavy atom. The van der Waals surface area contributed by atoms with E-state index in [2.05, 4.69) is 61.5 Å². The van der Waals surface area contributed by atoms with Crippen LogP contribution in [0, 0.1) is 0 Å². The van der Waals surface area contributed by atoms with E-state index < -0.39 is 15.6 Å². The van der Waals surface area contributed by atoms with Gasteiger partial charge in [0.2, 0.25) is 25.5 Å². The number of carbonyl (C=O) groups is 2. The van der Waals surface area contributed by atoms with Gasteiger partial charge in [0.05, 0.1) is 0 Å². The number of imidazole rings is 2. The van der Waals surface area contributed by atoms with Gasteiger partial charge in [0.25, 0.3) is 0 Å². The van der Waals surface area contributed by atoms with Crippen molar-refractivity contribution in [2.75, 3.05) is 28.2 Å². The van der Waals surface area contributed by atoms with Gasteiger partial charge in [-0.25, -0.2) is 0 Å². The number of benzene rings is 10. The van der Waals surface area contributed by atoms with Gasteiger partial charge in [-0.3, -0.25) is 38.7 Å². The lowest BCUT2D eigenvalue weighted by Gasteiger charge is -2.32. The number of carbonyl (C=O) groups excluding carboxylic acids is 2. The number of H-pyrrole nitrogens is 4. The first-order valence-corrected chi connectivity index (χ1v) is 36.2. The zero-order valence-electron chi connectivity index (χ0n) is 59.3. The van der Waals surface area contributed by atoms with E-state index in [0.717, 1.165) is 68.5 Å². The van der Waals surface area contributed by atoms with Crippen LogP contribution in [-0.4, -0.2) is 70.6 Å². The van der Waals surface area contributed by atoms with Crippen molar-refractivity contribution in [3.63, 3.8) is 0 Å². The van der Waals surface area contributed by atoms with Gasteiger partial charge in [-0.15, -0.1) is 0 Å². The molecule has 2 unspecified atom stereocenters. The Morgan fingerprint density at radius 2 is 0.549 bits per heavy atom. The minimum Gasteiger partial charge on any atom is -0.746 e. The minimum atomic E-state index is -5.19. The summed E-state index contributed by atoms with van der Waals surface area (Å²) in [5.74, 6) is -1.12. The van der Waals surface area contributed by atoms with Crippen LogP contribution in [0.3, 0.4) is 0 Å². The molecule has 18 heteroatoms. The highest BCUT2D eigenvalue weighted by atomic mass is 31.2. The molecule has 0 saturated carbocycles. The van der Waals surface area contributed by atoms with Gasteiger partial charge in [0, 0.05) is 74.1 Å². The van der Waals surface area contributed by atoms with Crippen LogP contribution < -0.4 is 28.8 Å². The molecule has 16 nitrogen and oxygen atoms in total. The Balaban J connectivity index is 0.000000224. The number of amides is 2. The summed E-state index contributed by atoms with van der Waals surface area (Å²) in [5, 5.41) is 0. The maximum atomic E-state index is 12.5. The van der Waals surface area contributed by atoms with Crippen LogP contribution in [0.2, 0.25) is 0 Å². The highest BCUT2D eigenvalue weighted by Gasteiger charge is 2.34. The second-order valence-corrected chi connectivity index (χ2v) is 28.6. The van der Waals surface area contributed by atoms with E-state index in [1.54, 1.807) is 40.8 Å². The molecule has 6 N–H and O–H groups in total. The molecule has 102 heavy (non-hydrogen) atoms. The largest absolute Gasteiger partial charge is 0.746 e. The van der Waals surface area contributed by atoms with E-state index in [-0.39, 0.29) is 46.0 Å². The zero-order chi connectivity index (χ0) is 73.7. The molecule has 2 aromatic heterocycles. The van der Waals surface area contributed by atoms with Gasteiger partial charge in [-0.1, -0.05) is 308 Å². The second kappa shape index (κ2) is 38.3. The Labute approximate surface area is 600 Å². The molecule has 10 aromatic carbocycles. The van der Waals surface area contributed by atoms with Crippen LogP contribution in [0.5, 0.6) is 11.5 Å². The van der Waals surface area contributed by atoms with Gasteiger partial charge in [-0.05, 0) is 66.5 Å². The molecule has 0 bridgehead atoms. The number of hydrogen-bond donors (Lipinski definition) is 4. The number of rotatable bonds is 18. The number of hydrogen-bond acceptors (Lipinski definition) is 8. The van der Waals surface area contributed by atoms with E-state index in [4.69, 9.17) is 9.05 Å². The Kier molecular flexibility index (Phi) is 29.6. The summed E-state index contributed by atoms with van der Waals surface area (Å²) in [5.41, 5.74) is 12.1. The van der Waals surface area contributed by atoms with Crippen molar-refractivity contribution in [3.05, 3.63) is 382 Å². The molecule has 0 spiro atoms. The summed E-state index contributed by atoms with van der Waals surface area (Å²) >= 11 is 0. The standard InChI is InChI=1S/2C36H35O4P.2C3H4N2.2C3H7NO/c2*1-36(2,3)30-24-31(33(26-16-8-4-9-17-26)27-18-10-5-11-19-27)35(40-41(37,38)39)32(25-30)34(28-20-12-6-13-21-28)29-22-14-7-15-23-29;2*1-2-5-3-4-1;2*1-4(2)3-5/h2*4-25,33-34H,1-3H3,(H2,37,38,39);2*1-3H,(H,4,5);2*3H,1-2H3. The predicted octanol–water partition coefficient (Wildman–Crippen LogP) is 15.4. The second-order valence-electron chi connectivity index (χ2n) is 26.4. The zero-order valence-corrected chi connectivity index (χ0v) is 61.1. The summed E-state index contributed by atoms with van der Waals surface area (Å²) in [6.07, 6.45) is 12.3. The van der Waals surface area contributed by atoms with E-state index >= 15 is 0 Å². The average Bonchev–Trinajstić information content (AvgIpc) is 0.877. The lowest BCUT2D eigenvalue weighted by atomic mass is 9.75. The third kappa shape index (κ3) is 24.4. The molecule has 0 radical (unpaired) electrons. The molecule has 528 valence electrons. The number of aromatic nitrogens is 4. The SMILES string of the molecule is CC(C)(C)c1cc(C(c2ccccc2)c2ccccc2)c(OP(=O)([O-])O)c(C(c2ccccc2)c2ccccc2)c1.CC(C)(C)c1cc(C(c2ccccc2)c2ccccc2)c(OP(=O)([O-])O)c(C(c2ccccc2)c2ccccc2)c1.CN(C)C=O.CN(C)C=O.c1c[nH+]c[nH]1.c1c[nH+]c[nH]1. The van der Waals surface area contributed by atoms with Crippen LogP contribution in [-0.2, 0) is 29.5 Å². The quantitative estimate of drug-likeness (QED) is 0.0360. The summed E-state index contributed by atoms with van der Waals surface area (Å²) in [6, 6.07) is 87.9. The normalized spacial score (nSPS) is 12.1. The fraction of sp³-hybridized carbons (Fsp3) is 0.190. The van der Waals surface area contributed by atoms with Crippen molar-refractivity contribution >= 4 is 28.5 Å². The van der Waals surface area contributed by atoms with Crippen molar-refractivity contribution < 1.29 is 57.3 Å². The van der Waals surface area contributed by atoms with Gasteiger partial charge < -0.3 is 38.4 Å². The van der Waals surface area contributed by atoms with Gasteiger partial charge in [0.15, 0.2) is 0 Å². The van der Waals surface area contributed by atoms with Crippen molar-refractivity contribution in [3.8, 4) is 11.5 Å². The molecule has 0 aliphatic heterocycles. The molecule has 2 amide bonds. The third-order valence-electron chi connectivity index (χ3n) is 16.1. The average molecular weight is 1410 g/mol. The fourth-order valence-electron chi connectivity index (χ4n) is 11.4. The van der Waals surface area contributed by atoms with Gasteiger partial charge in [-0.2, -0.15) is 0 Å². The third-order valence-corrected chi connectivity index (χ3v) is 16.9. The number of nitrogens with one attached hydrogen (secondary N) is 4. The van der Waals surface area contributed by atoms with E-state index in [1.807, 2.05) is 292 Å². The van der Waals surface area contributed by atoms with Crippen LogP contribution in [0.1, 0.15) is 143 Å². The summed E-state index contributed by atoms with van der Waals surface area (Å²) in [4.78, 5) is 78.4. The molecular formula is C84H92N6O10P2. The molecule has 2 atom stereocenters. The van der Waals surface area contributed by atoms with Gasteiger partial charge in [0.1, 0.15) is 36.3 Å². The molecule has 0 saturated heterocycles. The highest BCUT2D eigenvalue weighted by Crippen LogP contribution is 2.52. The summed E-state index contributed by atoms with van der Waals surface area (Å²) < 4.78 is 36.3. The molecular weight excluding hydrogens is 1310 g/mol. The number of aromatic amines is 4. The van der Waals surface area contributed by atoms with Crippen LogP contribution in [0.15, 0.2) is 304 Å². The van der Waals surface area contributed by atoms with Crippen molar-refractivity contribution in [2.45, 2.75) is 76.0 Å². The molecule has 12 aromatic rings. The Bertz CT molecular complexity index is 3780. The van der Waals surface area contributed by atoms with Gasteiger partial charge >= 0.3 is 15.6 Å². The first-order chi connectivity index (χ1) is 48.8. The van der Waals surface area contributed by atoms with E-state index in [0.29, 0.717) is 22.3 Å². The predicted molar refractivity (Wildman–Crippen MR) is 401 cm³/mol. The lowest BCUT2D eigenvalue weighted by molar-refractivity contribution is -0.376. The summed E-state index contributed by atoms with van der Waals surface area (Å²) in [7, 11) is -3.64. The first kappa shape index (κ1) is 78.8. The molecule has 2 heterocycles. The highest BCUT2D eigenvalue weighted by molar-refractivity contribution is 7.45. The minimum absolute atomic E-state index is 0.147. The summed E-state index contributed by atoms with van der Waals surface area (Å²) in [6.45, 7) is 12.8. The fourth-order valence-corrected chi connectivity index (χ4v) is 12.2. The molecule has 0 fully saturated rings. The molecule has 0 aliphatic rings. The molecule has 0 aliphatic carbocycles. The number of nitrogens with zero attached hydrogens (tertiary/aromatic N) is 2. The van der Waals surface area contributed by atoms with Crippen molar-refractivity contribution in [2.24, 2.45) is 0 Å². The Morgan fingerprint density at radius 3 is 0.657 bits per heavy atom. The monoisotopic (exact) mass is 1410 g/mol. The van der Waals surface area contributed by atoms with Crippen LogP contribution >= 0.6 is 15.6 Å². The maximum absolute atomic E-state index is 12.5. The molecule has 12 rings (SSSR count). The van der Waals surface area contributed by atoms with Crippen molar-refractivity contribution in [1.29, 1.82) is 0 Å². The number of phosphoric ester groups is 2. The van der Waals surface area contributed by atoms with Crippen LogP contribution in [0.4, 0.5) is 0 Å². The van der Waals surface area contributed by atoms with Crippen LogP contribution in [0.25, 0.3) is 0 Å².